The van der Waals surface area contributed by atoms with E-state index in [0.717, 1.165) is 50.6 Å². The summed E-state index contributed by atoms with van der Waals surface area (Å²) in [5.41, 5.74) is 1.70. The average Bonchev–Trinajstić information content (AvgIpc) is 2.37. The van der Waals surface area contributed by atoms with E-state index in [1.165, 1.54) is 0 Å². The Morgan fingerprint density at radius 2 is 1.94 bits per heavy atom. The number of hydrogen-bond acceptors (Lipinski definition) is 3. The monoisotopic (exact) mass is 252 g/mol. The van der Waals surface area contributed by atoms with Crippen molar-refractivity contribution in [1.29, 1.82) is 0 Å². The molecule has 1 aromatic rings. The van der Waals surface area contributed by atoms with Crippen LogP contribution < -0.4 is 4.90 Å². The summed E-state index contributed by atoms with van der Waals surface area (Å²) in [5.74, 6) is -0.111. The van der Waals surface area contributed by atoms with E-state index in [1.54, 1.807) is 13.2 Å². The number of rotatable bonds is 4. The van der Waals surface area contributed by atoms with Crippen molar-refractivity contribution in [3.05, 3.63) is 29.6 Å². The molecule has 1 aliphatic heterocycles. The molecule has 1 aromatic carbocycles. The highest BCUT2D eigenvalue weighted by Gasteiger charge is 2.18. The normalized spacial score (nSPS) is 17.2. The summed E-state index contributed by atoms with van der Waals surface area (Å²) in [4.78, 5) is 4.48. The van der Waals surface area contributed by atoms with Crippen LogP contribution in [0, 0.1) is 12.7 Å². The van der Waals surface area contributed by atoms with Crippen LogP contribution in [0.4, 0.5) is 10.1 Å². The number of ether oxygens (including phenoxy) is 1. The van der Waals surface area contributed by atoms with Crippen molar-refractivity contribution < 1.29 is 9.13 Å². The van der Waals surface area contributed by atoms with Gasteiger partial charge in [0.25, 0.3) is 0 Å². The Labute approximate surface area is 108 Å². The molecule has 0 aliphatic carbocycles. The number of aryl methyl sites for hydroxylation is 1. The van der Waals surface area contributed by atoms with E-state index >= 15 is 0 Å². The van der Waals surface area contributed by atoms with Crippen molar-refractivity contribution >= 4 is 5.69 Å². The lowest BCUT2D eigenvalue weighted by molar-refractivity contribution is 0.144. The van der Waals surface area contributed by atoms with Crippen molar-refractivity contribution in [2.75, 3.05) is 51.3 Å². The number of piperazine rings is 1. The first-order valence-electron chi connectivity index (χ1n) is 6.43. The van der Waals surface area contributed by atoms with Crippen LogP contribution in [0.15, 0.2) is 18.2 Å². The van der Waals surface area contributed by atoms with Gasteiger partial charge in [0, 0.05) is 39.8 Å². The molecule has 1 saturated heterocycles. The van der Waals surface area contributed by atoms with Gasteiger partial charge in [-0.05, 0) is 24.6 Å². The first kappa shape index (κ1) is 13.3. The highest BCUT2D eigenvalue weighted by molar-refractivity contribution is 5.49. The highest BCUT2D eigenvalue weighted by Crippen LogP contribution is 2.21. The molecule has 0 bridgehead atoms. The maximum atomic E-state index is 13.9. The summed E-state index contributed by atoms with van der Waals surface area (Å²) in [6.45, 7) is 7.33. The summed E-state index contributed by atoms with van der Waals surface area (Å²) in [6.07, 6.45) is 0. The van der Waals surface area contributed by atoms with Gasteiger partial charge in [0.1, 0.15) is 5.82 Å². The van der Waals surface area contributed by atoms with Crippen molar-refractivity contribution in [2.45, 2.75) is 6.92 Å². The topological polar surface area (TPSA) is 15.7 Å². The molecule has 1 heterocycles. The Balaban J connectivity index is 1.93. The van der Waals surface area contributed by atoms with Crippen LogP contribution in [0.3, 0.4) is 0 Å². The maximum absolute atomic E-state index is 13.9. The summed E-state index contributed by atoms with van der Waals surface area (Å²) in [7, 11) is 1.72. The molecule has 0 N–H and O–H groups in total. The largest absolute Gasteiger partial charge is 0.383 e. The number of nitrogens with zero attached hydrogens (tertiary/aromatic N) is 2. The van der Waals surface area contributed by atoms with E-state index in [2.05, 4.69) is 9.80 Å². The lowest BCUT2D eigenvalue weighted by Gasteiger charge is -2.36. The van der Waals surface area contributed by atoms with Gasteiger partial charge in [-0.3, -0.25) is 4.90 Å². The molecule has 0 unspecified atom stereocenters. The summed E-state index contributed by atoms with van der Waals surface area (Å²) < 4.78 is 18.9. The average molecular weight is 252 g/mol. The predicted octanol–water partition coefficient (Wildman–Crippen LogP) is 1.90. The Morgan fingerprint density at radius 1 is 1.22 bits per heavy atom. The molecular formula is C14H21FN2O. The highest BCUT2D eigenvalue weighted by atomic mass is 19.1. The van der Waals surface area contributed by atoms with E-state index in [1.807, 2.05) is 19.1 Å². The first-order chi connectivity index (χ1) is 8.70. The van der Waals surface area contributed by atoms with Crippen LogP contribution in [-0.4, -0.2) is 51.3 Å². The zero-order valence-electron chi connectivity index (χ0n) is 11.2. The van der Waals surface area contributed by atoms with Gasteiger partial charge in [-0.15, -0.1) is 0 Å². The van der Waals surface area contributed by atoms with Crippen LogP contribution in [-0.2, 0) is 4.74 Å². The fraction of sp³-hybridized carbons (Fsp3) is 0.571. The fourth-order valence-electron chi connectivity index (χ4n) is 2.30. The standard InChI is InChI=1S/C14H21FN2O/c1-12-3-4-14(13(15)11-12)17-7-5-16(6-8-17)9-10-18-2/h3-4,11H,5-10H2,1-2H3. The van der Waals surface area contributed by atoms with Gasteiger partial charge >= 0.3 is 0 Å². The smallest absolute Gasteiger partial charge is 0.146 e. The third-order valence-electron chi connectivity index (χ3n) is 3.43. The van der Waals surface area contributed by atoms with Crippen LogP contribution in [0.5, 0.6) is 0 Å². The van der Waals surface area contributed by atoms with Gasteiger partial charge in [-0.1, -0.05) is 6.07 Å². The Morgan fingerprint density at radius 3 is 2.56 bits per heavy atom. The molecule has 1 fully saturated rings. The first-order valence-corrected chi connectivity index (χ1v) is 6.43. The lowest BCUT2D eigenvalue weighted by atomic mass is 10.2. The molecule has 3 nitrogen and oxygen atoms in total. The molecule has 100 valence electrons. The van der Waals surface area contributed by atoms with Gasteiger partial charge < -0.3 is 9.64 Å². The second-order valence-corrected chi connectivity index (χ2v) is 4.78. The molecule has 1 aliphatic rings. The molecule has 0 radical (unpaired) electrons. The number of methoxy groups -OCH3 is 1. The van der Waals surface area contributed by atoms with Crippen LogP contribution in [0.1, 0.15) is 5.56 Å². The molecule has 0 atom stereocenters. The lowest BCUT2D eigenvalue weighted by Crippen LogP contribution is -2.47. The van der Waals surface area contributed by atoms with Crippen LogP contribution in [0.2, 0.25) is 0 Å². The molecule has 0 saturated carbocycles. The summed E-state index contributed by atoms with van der Waals surface area (Å²) in [5, 5.41) is 0. The van der Waals surface area contributed by atoms with Crippen molar-refractivity contribution in [2.24, 2.45) is 0 Å². The van der Waals surface area contributed by atoms with Gasteiger partial charge in [-0.25, -0.2) is 4.39 Å². The second kappa shape index (κ2) is 6.16. The SMILES string of the molecule is COCCN1CCN(c2ccc(C)cc2F)CC1. The van der Waals surface area contributed by atoms with Gasteiger partial charge in [0.2, 0.25) is 0 Å². The number of halogens is 1. The Hall–Kier alpha value is -1.13. The minimum absolute atomic E-state index is 0.111. The molecular weight excluding hydrogens is 231 g/mol. The quantitative estimate of drug-likeness (QED) is 0.814. The Bertz CT molecular complexity index is 389. The predicted molar refractivity (Wildman–Crippen MR) is 71.7 cm³/mol. The minimum atomic E-state index is -0.111. The fourth-order valence-corrected chi connectivity index (χ4v) is 2.30. The maximum Gasteiger partial charge on any atom is 0.146 e. The minimum Gasteiger partial charge on any atom is -0.383 e. The third kappa shape index (κ3) is 3.21. The molecule has 2 rings (SSSR count). The van der Waals surface area contributed by atoms with E-state index in [-0.39, 0.29) is 5.82 Å². The van der Waals surface area contributed by atoms with Crippen molar-refractivity contribution in [3.63, 3.8) is 0 Å². The summed E-state index contributed by atoms with van der Waals surface area (Å²) in [6, 6.07) is 5.46. The molecule has 18 heavy (non-hydrogen) atoms. The molecule has 0 amide bonds. The summed E-state index contributed by atoms with van der Waals surface area (Å²) >= 11 is 0. The van der Waals surface area contributed by atoms with E-state index in [4.69, 9.17) is 4.74 Å². The van der Waals surface area contributed by atoms with Crippen molar-refractivity contribution in [3.8, 4) is 0 Å². The van der Waals surface area contributed by atoms with E-state index in [0.29, 0.717) is 0 Å². The second-order valence-electron chi connectivity index (χ2n) is 4.78. The Kier molecular flexibility index (Phi) is 4.55. The molecule has 0 spiro atoms. The van der Waals surface area contributed by atoms with Gasteiger partial charge in [0.05, 0.1) is 12.3 Å². The van der Waals surface area contributed by atoms with E-state index < -0.39 is 0 Å². The van der Waals surface area contributed by atoms with Crippen molar-refractivity contribution in [1.82, 2.24) is 4.90 Å². The van der Waals surface area contributed by atoms with Crippen LogP contribution >= 0.6 is 0 Å². The zero-order valence-corrected chi connectivity index (χ0v) is 11.2. The zero-order chi connectivity index (χ0) is 13.0. The number of anilines is 1. The number of benzene rings is 1. The van der Waals surface area contributed by atoms with Gasteiger partial charge in [0.15, 0.2) is 0 Å². The number of hydrogen-bond donors (Lipinski definition) is 0. The third-order valence-corrected chi connectivity index (χ3v) is 3.43. The molecule has 4 heteroatoms. The van der Waals surface area contributed by atoms with Crippen LogP contribution in [0.25, 0.3) is 0 Å². The molecule has 0 aromatic heterocycles. The van der Waals surface area contributed by atoms with E-state index in [9.17, 15) is 4.39 Å². The van der Waals surface area contributed by atoms with Gasteiger partial charge in [-0.2, -0.15) is 0 Å².